The maximum atomic E-state index is 12.0. The molecule has 0 radical (unpaired) electrons. The van der Waals surface area contributed by atoms with Crippen LogP contribution in [0.15, 0.2) is 12.2 Å². The lowest BCUT2D eigenvalue weighted by Gasteiger charge is -2.34. The van der Waals surface area contributed by atoms with Gasteiger partial charge in [-0.25, -0.2) is 0 Å². The summed E-state index contributed by atoms with van der Waals surface area (Å²) in [6.45, 7) is 0.482. The number of fused-ring (bicyclic) bond motifs is 8. The highest BCUT2D eigenvalue weighted by atomic mass is 16.7. The first kappa shape index (κ1) is 7.60. The van der Waals surface area contributed by atoms with Gasteiger partial charge in [-0.15, -0.1) is 0 Å². The summed E-state index contributed by atoms with van der Waals surface area (Å²) in [4.78, 5) is 12.0. The Morgan fingerprint density at radius 2 is 2.14 bits per heavy atom. The van der Waals surface area contributed by atoms with Crippen LogP contribution in [0.5, 0.6) is 0 Å². The van der Waals surface area contributed by atoms with Crippen LogP contribution in [0.25, 0.3) is 0 Å². The monoisotopic (exact) mass is 192 g/mol. The lowest BCUT2D eigenvalue weighted by Crippen LogP contribution is -2.45. The molecule has 2 aliphatic carbocycles. The van der Waals surface area contributed by atoms with Crippen LogP contribution >= 0.6 is 0 Å². The van der Waals surface area contributed by atoms with E-state index in [1.165, 1.54) is 0 Å². The third-order valence-corrected chi connectivity index (χ3v) is 4.19. The van der Waals surface area contributed by atoms with Gasteiger partial charge < -0.3 is 9.47 Å². The van der Waals surface area contributed by atoms with Gasteiger partial charge in [0.05, 0.1) is 6.61 Å². The molecule has 0 unspecified atom stereocenters. The fourth-order valence-electron chi connectivity index (χ4n) is 3.62. The summed E-state index contributed by atoms with van der Waals surface area (Å²) in [5.41, 5.74) is 0. The Kier molecular flexibility index (Phi) is 1.24. The fourth-order valence-corrected chi connectivity index (χ4v) is 3.62. The van der Waals surface area contributed by atoms with Crippen LogP contribution < -0.4 is 0 Å². The molecule has 0 amide bonds. The zero-order chi connectivity index (χ0) is 9.28. The maximum absolute atomic E-state index is 12.0. The van der Waals surface area contributed by atoms with Crippen molar-refractivity contribution in [3.8, 4) is 0 Å². The number of hydrogen-bond acceptors (Lipinski definition) is 3. The second-order valence-corrected chi connectivity index (χ2v) is 4.78. The first-order valence-corrected chi connectivity index (χ1v) is 5.34. The summed E-state index contributed by atoms with van der Waals surface area (Å²) < 4.78 is 11.1. The summed E-state index contributed by atoms with van der Waals surface area (Å²) in [7, 11) is 0. The van der Waals surface area contributed by atoms with Crippen molar-refractivity contribution in [2.24, 2.45) is 23.7 Å². The summed E-state index contributed by atoms with van der Waals surface area (Å²) in [6, 6.07) is 0. The standard InChI is InChI=1S/C11H12O3/c12-10-7-4-13-11(14-7)9-6-2-1-5(3-6)8(9)10/h1-2,5-9,11H,3-4H2/t5-,6+,7-,8-,9+,11-/m1/s1. The molecule has 0 aromatic rings. The largest absolute Gasteiger partial charge is 0.349 e. The number of ketones is 1. The van der Waals surface area contributed by atoms with Crippen LogP contribution in [-0.4, -0.2) is 24.8 Å². The lowest BCUT2D eigenvalue weighted by molar-refractivity contribution is -0.166. The normalized spacial score (nSPS) is 58.1. The SMILES string of the molecule is O=C1[C@H]2[C@@H]([C@@H]3OC[C@H]1O3)[C@H]1C=C[C@@H]2C1. The van der Waals surface area contributed by atoms with E-state index in [0.29, 0.717) is 30.1 Å². The topological polar surface area (TPSA) is 35.5 Å². The van der Waals surface area contributed by atoms with Crippen LogP contribution in [0.2, 0.25) is 0 Å². The average molecular weight is 192 g/mol. The van der Waals surface area contributed by atoms with Gasteiger partial charge >= 0.3 is 0 Å². The molecule has 0 N–H and O–H groups in total. The van der Waals surface area contributed by atoms with Gasteiger partial charge in [0.15, 0.2) is 12.1 Å². The van der Waals surface area contributed by atoms with Crippen molar-refractivity contribution in [1.29, 1.82) is 0 Å². The van der Waals surface area contributed by atoms with Gasteiger partial charge in [0.2, 0.25) is 0 Å². The Hall–Kier alpha value is -0.670. The molecule has 4 rings (SSSR count). The number of Topliss-reactive ketones (excluding diaryl/α,β-unsaturated/α-hetero) is 1. The molecule has 3 nitrogen and oxygen atoms in total. The molecule has 3 fully saturated rings. The summed E-state index contributed by atoms with van der Waals surface area (Å²) in [5.74, 6) is 1.82. The Balaban J connectivity index is 1.81. The van der Waals surface area contributed by atoms with E-state index < -0.39 is 0 Å². The molecule has 0 spiro atoms. The van der Waals surface area contributed by atoms with Crippen LogP contribution in [0.4, 0.5) is 0 Å². The van der Waals surface area contributed by atoms with E-state index in [1.807, 2.05) is 0 Å². The molecule has 4 bridgehead atoms. The molecule has 0 aromatic carbocycles. The molecule has 4 aliphatic rings. The molecular formula is C11H12O3. The lowest BCUT2D eigenvalue weighted by atomic mass is 9.77. The molecule has 74 valence electrons. The van der Waals surface area contributed by atoms with Crippen molar-refractivity contribution in [2.45, 2.75) is 18.8 Å². The smallest absolute Gasteiger partial charge is 0.168 e. The average Bonchev–Trinajstić information content (AvgIpc) is 2.89. The van der Waals surface area contributed by atoms with E-state index in [0.717, 1.165) is 6.42 Å². The number of carbonyl (C=O) groups is 1. The van der Waals surface area contributed by atoms with E-state index >= 15 is 0 Å². The summed E-state index contributed by atoms with van der Waals surface area (Å²) >= 11 is 0. The van der Waals surface area contributed by atoms with E-state index in [9.17, 15) is 4.79 Å². The number of hydrogen-bond donors (Lipinski definition) is 0. The van der Waals surface area contributed by atoms with E-state index in [1.54, 1.807) is 0 Å². The minimum atomic E-state index is -0.256. The Bertz CT molecular complexity index is 335. The predicted octanol–water partition coefficient (Wildman–Crippen LogP) is 0.749. The van der Waals surface area contributed by atoms with Gasteiger partial charge in [-0.2, -0.15) is 0 Å². The first-order valence-electron chi connectivity index (χ1n) is 5.34. The Morgan fingerprint density at radius 1 is 1.29 bits per heavy atom. The third-order valence-electron chi connectivity index (χ3n) is 4.19. The number of carbonyl (C=O) groups excluding carboxylic acids is 1. The Morgan fingerprint density at radius 3 is 3.07 bits per heavy atom. The highest BCUT2D eigenvalue weighted by Gasteiger charge is 2.59. The molecular weight excluding hydrogens is 180 g/mol. The van der Waals surface area contributed by atoms with Crippen molar-refractivity contribution in [1.82, 2.24) is 0 Å². The van der Waals surface area contributed by atoms with Gasteiger partial charge in [-0.05, 0) is 18.3 Å². The second kappa shape index (κ2) is 2.28. The molecule has 0 aromatic heterocycles. The summed E-state index contributed by atoms with van der Waals surface area (Å²) in [6.07, 6.45) is 5.24. The van der Waals surface area contributed by atoms with Gasteiger partial charge in [0.25, 0.3) is 0 Å². The second-order valence-electron chi connectivity index (χ2n) is 4.78. The van der Waals surface area contributed by atoms with E-state index in [2.05, 4.69) is 12.2 Å². The highest BCUT2D eigenvalue weighted by Crippen LogP contribution is 2.54. The Labute approximate surface area is 82.1 Å². The summed E-state index contributed by atoms with van der Waals surface area (Å²) in [5, 5.41) is 0. The van der Waals surface area contributed by atoms with Crippen LogP contribution in [0.1, 0.15) is 6.42 Å². The maximum Gasteiger partial charge on any atom is 0.168 e. The molecule has 2 saturated heterocycles. The molecule has 2 heterocycles. The number of rotatable bonds is 0. The van der Waals surface area contributed by atoms with Gasteiger partial charge in [0.1, 0.15) is 6.10 Å². The molecule has 3 heteroatoms. The molecule has 14 heavy (non-hydrogen) atoms. The van der Waals surface area contributed by atoms with Crippen LogP contribution in [-0.2, 0) is 14.3 Å². The van der Waals surface area contributed by atoms with Crippen molar-refractivity contribution < 1.29 is 14.3 Å². The molecule has 2 aliphatic heterocycles. The van der Waals surface area contributed by atoms with Crippen molar-refractivity contribution in [3.05, 3.63) is 12.2 Å². The molecule has 6 atom stereocenters. The predicted molar refractivity (Wildman–Crippen MR) is 47.3 cm³/mol. The third kappa shape index (κ3) is 0.708. The van der Waals surface area contributed by atoms with Crippen molar-refractivity contribution in [3.63, 3.8) is 0 Å². The fraction of sp³-hybridized carbons (Fsp3) is 0.727. The number of ether oxygens (including phenoxy) is 2. The van der Waals surface area contributed by atoms with Gasteiger partial charge in [-0.1, -0.05) is 12.2 Å². The van der Waals surface area contributed by atoms with Crippen LogP contribution in [0.3, 0.4) is 0 Å². The van der Waals surface area contributed by atoms with Crippen molar-refractivity contribution in [2.75, 3.05) is 6.61 Å². The van der Waals surface area contributed by atoms with Gasteiger partial charge in [0, 0.05) is 11.8 Å². The highest BCUT2D eigenvalue weighted by molar-refractivity contribution is 5.88. The quantitative estimate of drug-likeness (QED) is 0.531. The number of allylic oxidation sites excluding steroid dienone is 2. The first-order chi connectivity index (χ1) is 6.84. The minimum absolute atomic E-state index is 0.0948. The van der Waals surface area contributed by atoms with Crippen molar-refractivity contribution >= 4 is 5.78 Å². The zero-order valence-corrected chi connectivity index (χ0v) is 7.76. The van der Waals surface area contributed by atoms with E-state index in [-0.39, 0.29) is 18.3 Å². The van der Waals surface area contributed by atoms with Gasteiger partial charge in [-0.3, -0.25) is 4.79 Å². The van der Waals surface area contributed by atoms with Crippen LogP contribution in [0, 0.1) is 23.7 Å². The molecule has 1 saturated carbocycles. The van der Waals surface area contributed by atoms with E-state index in [4.69, 9.17) is 9.47 Å². The zero-order valence-electron chi connectivity index (χ0n) is 7.76. The minimum Gasteiger partial charge on any atom is -0.349 e.